The highest BCUT2D eigenvalue weighted by Crippen LogP contribution is 2.28. The van der Waals surface area contributed by atoms with Gasteiger partial charge in [0.05, 0.1) is 23.5 Å². The van der Waals surface area contributed by atoms with Crippen molar-refractivity contribution in [3.8, 4) is 0 Å². The summed E-state index contributed by atoms with van der Waals surface area (Å²) in [5.41, 5.74) is 2.56. The molecule has 26 heavy (non-hydrogen) atoms. The largest absolute Gasteiger partial charge is 0.370 e. The van der Waals surface area contributed by atoms with Crippen LogP contribution in [-0.4, -0.2) is 29.9 Å². The van der Waals surface area contributed by atoms with E-state index in [1.807, 2.05) is 43.5 Å². The van der Waals surface area contributed by atoms with Gasteiger partial charge in [-0.15, -0.1) is 11.3 Å². The first-order valence-electron chi connectivity index (χ1n) is 8.92. The van der Waals surface area contributed by atoms with Crippen LogP contribution in [0.15, 0.2) is 29.6 Å². The normalized spacial score (nSPS) is 13.9. The molecule has 0 unspecified atom stereocenters. The molecule has 0 bridgehead atoms. The zero-order chi connectivity index (χ0) is 18.5. The number of para-hydroxylation sites is 2. The average molecular weight is 372 g/mol. The lowest BCUT2D eigenvalue weighted by Gasteiger charge is -2.21. The van der Waals surface area contributed by atoms with Gasteiger partial charge < -0.3 is 15.5 Å². The maximum Gasteiger partial charge on any atom is 0.230 e. The molecule has 2 amide bonds. The SMILES string of the molecule is CC(C)C(=O)Nc1nc(CC(=O)Nc2ccccc2N2CCCC2)cs1. The van der Waals surface area contributed by atoms with Crippen molar-refractivity contribution in [3.05, 3.63) is 35.3 Å². The van der Waals surface area contributed by atoms with Gasteiger partial charge in [-0.05, 0) is 25.0 Å². The van der Waals surface area contributed by atoms with E-state index in [2.05, 4.69) is 20.5 Å². The summed E-state index contributed by atoms with van der Waals surface area (Å²) in [5.74, 6) is -0.286. The van der Waals surface area contributed by atoms with Crippen molar-refractivity contribution < 1.29 is 9.59 Å². The van der Waals surface area contributed by atoms with Crippen LogP contribution in [0.3, 0.4) is 0 Å². The molecule has 0 aliphatic carbocycles. The molecule has 1 aliphatic heterocycles. The van der Waals surface area contributed by atoms with Crippen molar-refractivity contribution in [2.45, 2.75) is 33.1 Å². The lowest BCUT2D eigenvalue weighted by atomic mass is 10.2. The van der Waals surface area contributed by atoms with Gasteiger partial charge in [-0.3, -0.25) is 9.59 Å². The van der Waals surface area contributed by atoms with E-state index in [9.17, 15) is 9.59 Å². The van der Waals surface area contributed by atoms with Crippen molar-refractivity contribution >= 4 is 39.7 Å². The van der Waals surface area contributed by atoms with Gasteiger partial charge in [0.2, 0.25) is 11.8 Å². The van der Waals surface area contributed by atoms with Gasteiger partial charge in [-0.1, -0.05) is 26.0 Å². The number of hydrogen-bond donors (Lipinski definition) is 2. The molecule has 2 heterocycles. The quantitative estimate of drug-likeness (QED) is 0.814. The monoisotopic (exact) mass is 372 g/mol. The fourth-order valence-electron chi connectivity index (χ4n) is 2.87. The number of amides is 2. The lowest BCUT2D eigenvalue weighted by molar-refractivity contribution is -0.119. The van der Waals surface area contributed by atoms with E-state index in [1.54, 1.807) is 0 Å². The molecule has 3 rings (SSSR count). The topological polar surface area (TPSA) is 74.3 Å². The summed E-state index contributed by atoms with van der Waals surface area (Å²) < 4.78 is 0. The molecule has 2 N–H and O–H groups in total. The van der Waals surface area contributed by atoms with E-state index in [0.29, 0.717) is 10.8 Å². The molecule has 2 aromatic rings. The maximum atomic E-state index is 12.4. The second kappa shape index (κ2) is 8.31. The molecule has 1 aliphatic rings. The van der Waals surface area contributed by atoms with Crippen molar-refractivity contribution in [1.82, 2.24) is 4.98 Å². The van der Waals surface area contributed by atoms with Crippen LogP contribution < -0.4 is 15.5 Å². The molecule has 1 saturated heterocycles. The minimum absolute atomic E-state index is 0.0742. The number of nitrogens with zero attached hydrogens (tertiary/aromatic N) is 2. The Kier molecular flexibility index (Phi) is 5.88. The second-order valence-corrected chi connectivity index (χ2v) is 7.58. The first-order valence-corrected chi connectivity index (χ1v) is 9.80. The number of rotatable bonds is 6. The summed E-state index contributed by atoms with van der Waals surface area (Å²) in [6.45, 7) is 5.71. The minimum atomic E-state index is -0.108. The van der Waals surface area contributed by atoms with E-state index in [-0.39, 0.29) is 24.2 Å². The Morgan fingerprint density at radius 3 is 2.65 bits per heavy atom. The summed E-state index contributed by atoms with van der Waals surface area (Å²) >= 11 is 1.34. The van der Waals surface area contributed by atoms with Gasteiger partial charge in [0.25, 0.3) is 0 Å². The summed E-state index contributed by atoms with van der Waals surface area (Å²) in [7, 11) is 0. The predicted molar refractivity (Wildman–Crippen MR) is 106 cm³/mol. The van der Waals surface area contributed by atoms with Crippen LogP contribution in [0.5, 0.6) is 0 Å². The Morgan fingerprint density at radius 2 is 1.92 bits per heavy atom. The Balaban J connectivity index is 1.61. The molecule has 1 aromatic heterocycles. The number of benzene rings is 1. The summed E-state index contributed by atoms with van der Waals surface area (Å²) in [4.78, 5) is 30.8. The summed E-state index contributed by atoms with van der Waals surface area (Å²) in [5, 5.41) is 8.10. The zero-order valence-corrected chi connectivity index (χ0v) is 15.9. The maximum absolute atomic E-state index is 12.4. The van der Waals surface area contributed by atoms with Crippen LogP contribution in [0.25, 0.3) is 0 Å². The lowest BCUT2D eigenvalue weighted by Crippen LogP contribution is -2.22. The van der Waals surface area contributed by atoms with Crippen molar-refractivity contribution in [2.75, 3.05) is 28.6 Å². The number of aromatic nitrogens is 1. The van der Waals surface area contributed by atoms with Crippen LogP contribution in [-0.2, 0) is 16.0 Å². The molecular weight excluding hydrogens is 348 g/mol. The van der Waals surface area contributed by atoms with Gasteiger partial charge in [-0.25, -0.2) is 4.98 Å². The smallest absolute Gasteiger partial charge is 0.230 e. The molecule has 138 valence electrons. The molecule has 0 spiro atoms. The number of anilines is 3. The molecule has 0 radical (unpaired) electrons. The van der Waals surface area contributed by atoms with Gasteiger partial charge >= 0.3 is 0 Å². The third-order valence-electron chi connectivity index (χ3n) is 4.27. The Bertz CT molecular complexity index is 781. The minimum Gasteiger partial charge on any atom is -0.370 e. The van der Waals surface area contributed by atoms with Crippen molar-refractivity contribution in [2.24, 2.45) is 5.92 Å². The fourth-order valence-corrected chi connectivity index (χ4v) is 3.58. The van der Waals surface area contributed by atoms with Crippen LogP contribution in [0, 0.1) is 5.92 Å². The molecule has 7 heteroatoms. The fraction of sp³-hybridized carbons (Fsp3) is 0.421. The molecule has 1 aromatic carbocycles. The van der Waals surface area contributed by atoms with E-state index < -0.39 is 0 Å². The van der Waals surface area contributed by atoms with Crippen LogP contribution >= 0.6 is 11.3 Å². The van der Waals surface area contributed by atoms with Gasteiger partial charge in [-0.2, -0.15) is 0 Å². The third-order valence-corrected chi connectivity index (χ3v) is 5.08. The van der Waals surface area contributed by atoms with Crippen LogP contribution in [0.4, 0.5) is 16.5 Å². The van der Waals surface area contributed by atoms with Crippen molar-refractivity contribution in [1.29, 1.82) is 0 Å². The van der Waals surface area contributed by atoms with Gasteiger partial charge in [0.1, 0.15) is 0 Å². The number of hydrogen-bond acceptors (Lipinski definition) is 5. The van der Waals surface area contributed by atoms with E-state index in [4.69, 9.17) is 0 Å². The second-order valence-electron chi connectivity index (χ2n) is 6.72. The Morgan fingerprint density at radius 1 is 1.19 bits per heavy atom. The van der Waals surface area contributed by atoms with Crippen LogP contribution in [0.2, 0.25) is 0 Å². The van der Waals surface area contributed by atoms with E-state index >= 15 is 0 Å². The number of carbonyl (C=O) groups excluding carboxylic acids is 2. The first-order chi connectivity index (χ1) is 12.5. The van der Waals surface area contributed by atoms with Crippen molar-refractivity contribution in [3.63, 3.8) is 0 Å². The van der Waals surface area contributed by atoms with E-state index in [1.165, 1.54) is 24.2 Å². The summed E-state index contributed by atoms with van der Waals surface area (Å²) in [6, 6.07) is 7.90. The molecule has 0 saturated carbocycles. The van der Waals surface area contributed by atoms with Gasteiger partial charge in [0.15, 0.2) is 5.13 Å². The Hall–Kier alpha value is -2.41. The van der Waals surface area contributed by atoms with E-state index in [0.717, 1.165) is 24.5 Å². The highest BCUT2D eigenvalue weighted by molar-refractivity contribution is 7.13. The first kappa shape index (κ1) is 18.4. The molecule has 6 nitrogen and oxygen atoms in total. The molecule has 0 atom stereocenters. The molecule has 1 fully saturated rings. The standard InChI is InChI=1S/C19H24N4O2S/c1-13(2)18(25)22-19-20-14(12-26-19)11-17(24)21-15-7-3-4-8-16(15)23-9-5-6-10-23/h3-4,7-8,12-13H,5-6,9-11H2,1-2H3,(H,21,24)(H,20,22,25). The third kappa shape index (κ3) is 4.60. The average Bonchev–Trinajstić information content (AvgIpc) is 3.27. The zero-order valence-electron chi connectivity index (χ0n) is 15.1. The predicted octanol–water partition coefficient (Wildman–Crippen LogP) is 3.52. The highest BCUT2D eigenvalue weighted by Gasteiger charge is 2.17. The number of carbonyl (C=O) groups is 2. The number of nitrogens with one attached hydrogen (secondary N) is 2. The van der Waals surface area contributed by atoms with Crippen LogP contribution in [0.1, 0.15) is 32.4 Å². The Labute approximate surface area is 157 Å². The highest BCUT2D eigenvalue weighted by atomic mass is 32.1. The number of thiazole rings is 1. The molecular formula is C19H24N4O2S. The van der Waals surface area contributed by atoms with Gasteiger partial charge in [0, 0.05) is 24.4 Å². The summed E-state index contributed by atoms with van der Waals surface area (Å²) in [6.07, 6.45) is 2.56.